The van der Waals surface area contributed by atoms with Gasteiger partial charge in [0, 0.05) is 0 Å². The topological polar surface area (TPSA) is 73.9 Å². The number of hydrogen-bond acceptors (Lipinski definition) is 5. The second kappa shape index (κ2) is 10.9. The van der Waals surface area contributed by atoms with Gasteiger partial charge in [0.25, 0.3) is 0 Å². The van der Waals surface area contributed by atoms with E-state index in [-0.39, 0.29) is 12.7 Å². The lowest BCUT2D eigenvalue weighted by Crippen LogP contribution is -2.48. The molecule has 1 unspecified atom stereocenters. The summed E-state index contributed by atoms with van der Waals surface area (Å²) in [4.78, 5) is 23.5. The number of benzene rings is 1. The largest absolute Gasteiger partial charge is 0.444 e. The van der Waals surface area contributed by atoms with Crippen LogP contribution in [0.25, 0.3) is 0 Å². The zero-order valence-electron chi connectivity index (χ0n) is 16.4. The standard InChI is InChI=1S/C20H31NO5/c1-15(2)11-17(21-19(23)26-20(3,4)5)18(12-22)25-14-24-13-16-9-7-6-8-10-16/h6-10,12,15,17-18H,11,13-14H2,1-5H3,(H,21,23)/t17-,18?/m0/s1. The molecule has 0 saturated carbocycles. The Kier molecular flexibility index (Phi) is 9.30. The van der Waals surface area contributed by atoms with E-state index < -0.39 is 23.8 Å². The van der Waals surface area contributed by atoms with Crippen molar-refractivity contribution in [3.8, 4) is 0 Å². The Balaban J connectivity index is 2.55. The van der Waals surface area contributed by atoms with E-state index in [0.29, 0.717) is 19.3 Å². The van der Waals surface area contributed by atoms with Gasteiger partial charge in [-0.05, 0) is 38.7 Å². The Hall–Kier alpha value is -1.92. The molecular formula is C20H31NO5. The first kappa shape index (κ1) is 22.1. The molecule has 0 aliphatic carbocycles. The number of nitrogens with one attached hydrogen (secondary N) is 1. The number of carbonyl (C=O) groups excluding carboxylic acids is 2. The Morgan fingerprint density at radius 2 is 1.85 bits per heavy atom. The van der Waals surface area contributed by atoms with Crippen LogP contribution in [0.1, 0.15) is 46.6 Å². The van der Waals surface area contributed by atoms with Gasteiger partial charge in [0.05, 0.1) is 12.6 Å². The molecule has 0 heterocycles. The summed E-state index contributed by atoms with van der Waals surface area (Å²) in [7, 11) is 0. The molecule has 1 amide bonds. The summed E-state index contributed by atoms with van der Waals surface area (Å²) in [6.45, 7) is 9.73. The lowest BCUT2D eigenvalue weighted by molar-refractivity contribution is -0.136. The van der Waals surface area contributed by atoms with Crippen LogP contribution in [0, 0.1) is 5.92 Å². The molecule has 146 valence electrons. The van der Waals surface area contributed by atoms with Crippen LogP contribution >= 0.6 is 0 Å². The van der Waals surface area contributed by atoms with E-state index in [4.69, 9.17) is 14.2 Å². The molecule has 0 aliphatic heterocycles. The summed E-state index contributed by atoms with van der Waals surface area (Å²) in [5.41, 5.74) is 0.410. The van der Waals surface area contributed by atoms with Crippen LogP contribution in [0.2, 0.25) is 0 Å². The summed E-state index contributed by atoms with van der Waals surface area (Å²) < 4.78 is 16.3. The fourth-order valence-electron chi connectivity index (χ4n) is 2.35. The summed E-state index contributed by atoms with van der Waals surface area (Å²) in [6, 6.07) is 9.20. The molecule has 26 heavy (non-hydrogen) atoms. The Labute approximate surface area is 156 Å². The summed E-state index contributed by atoms with van der Waals surface area (Å²) in [5.74, 6) is 0.270. The van der Waals surface area contributed by atoms with Crippen LogP contribution in [0.3, 0.4) is 0 Å². The second-order valence-electron chi connectivity index (χ2n) is 7.60. The molecule has 6 nitrogen and oxygen atoms in total. The number of aldehydes is 1. The maximum absolute atomic E-state index is 12.0. The predicted octanol–water partition coefficient (Wildman–Crippen LogP) is 3.68. The normalized spacial score (nSPS) is 13.9. The molecule has 1 N–H and O–H groups in total. The Morgan fingerprint density at radius 3 is 2.38 bits per heavy atom. The third-order valence-corrected chi connectivity index (χ3v) is 3.41. The molecule has 0 aromatic heterocycles. The van der Waals surface area contributed by atoms with Crippen LogP contribution in [0.15, 0.2) is 30.3 Å². The zero-order valence-corrected chi connectivity index (χ0v) is 16.4. The van der Waals surface area contributed by atoms with Crippen LogP contribution in [-0.4, -0.2) is 36.9 Å². The molecular weight excluding hydrogens is 334 g/mol. The summed E-state index contributed by atoms with van der Waals surface area (Å²) in [5, 5.41) is 2.74. The van der Waals surface area contributed by atoms with Gasteiger partial charge in [-0.2, -0.15) is 0 Å². The van der Waals surface area contributed by atoms with Crippen molar-refractivity contribution in [3.05, 3.63) is 35.9 Å². The van der Waals surface area contributed by atoms with Gasteiger partial charge in [0.2, 0.25) is 0 Å². The fourth-order valence-corrected chi connectivity index (χ4v) is 2.35. The average molecular weight is 365 g/mol. The minimum Gasteiger partial charge on any atom is -0.444 e. The lowest BCUT2D eigenvalue weighted by Gasteiger charge is -2.27. The number of hydrogen-bond donors (Lipinski definition) is 1. The highest BCUT2D eigenvalue weighted by Gasteiger charge is 2.27. The first-order valence-electron chi connectivity index (χ1n) is 8.89. The van der Waals surface area contributed by atoms with Crippen LogP contribution in [0.5, 0.6) is 0 Å². The Morgan fingerprint density at radius 1 is 1.19 bits per heavy atom. The van der Waals surface area contributed by atoms with Gasteiger partial charge < -0.3 is 24.3 Å². The maximum Gasteiger partial charge on any atom is 0.407 e. The minimum atomic E-state index is -0.805. The average Bonchev–Trinajstić information content (AvgIpc) is 2.53. The fraction of sp³-hybridized carbons (Fsp3) is 0.600. The minimum absolute atomic E-state index is 0.0388. The van der Waals surface area contributed by atoms with Crippen molar-refractivity contribution in [1.82, 2.24) is 5.32 Å². The lowest BCUT2D eigenvalue weighted by atomic mass is 10.00. The van der Waals surface area contributed by atoms with Gasteiger partial charge in [-0.25, -0.2) is 4.79 Å². The van der Waals surface area contributed by atoms with Gasteiger partial charge in [0.1, 0.15) is 18.5 Å². The molecule has 0 aliphatic rings. The van der Waals surface area contributed by atoms with Crippen LogP contribution < -0.4 is 5.32 Å². The molecule has 2 atom stereocenters. The predicted molar refractivity (Wildman–Crippen MR) is 99.6 cm³/mol. The van der Waals surface area contributed by atoms with E-state index in [1.807, 2.05) is 44.2 Å². The monoisotopic (exact) mass is 365 g/mol. The highest BCUT2D eigenvalue weighted by atomic mass is 16.7. The number of alkyl carbamates (subject to hydrolysis) is 1. The van der Waals surface area contributed by atoms with Gasteiger partial charge in [0.15, 0.2) is 6.29 Å². The van der Waals surface area contributed by atoms with Crippen LogP contribution in [-0.2, 0) is 25.6 Å². The molecule has 0 saturated heterocycles. The van der Waals surface area contributed by atoms with E-state index >= 15 is 0 Å². The van der Waals surface area contributed by atoms with E-state index in [0.717, 1.165) is 5.56 Å². The van der Waals surface area contributed by atoms with Crippen molar-refractivity contribution in [1.29, 1.82) is 0 Å². The zero-order chi connectivity index (χ0) is 19.6. The first-order valence-corrected chi connectivity index (χ1v) is 8.89. The third kappa shape index (κ3) is 9.53. The van der Waals surface area contributed by atoms with Crippen molar-refractivity contribution >= 4 is 12.4 Å². The van der Waals surface area contributed by atoms with E-state index in [2.05, 4.69) is 5.32 Å². The highest BCUT2D eigenvalue weighted by Crippen LogP contribution is 2.13. The maximum atomic E-state index is 12.0. The molecule has 1 aromatic carbocycles. The van der Waals surface area contributed by atoms with Gasteiger partial charge in [-0.1, -0.05) is 44.2 Å². The van der Waals surface area contributed by atoms with E-state index in [9.17, 15) is 9.59 Å². The van der Waals surface area contributed by atoms with Crippen molar-refractivity contribution in [2.24, 2.45) is 5.92 Å². The third-order valence-electron chi connectivity index (χ3n) is 3.41. The smallest absolute Gasteiger partial charge is 0.407 e. The highest BCUT2D eigenvalue weighted by molar-refractivity contribution is 5.69. The Bertz CT molecular complexity index is 539. The molecule has 0 spiro atoms. The summed E-state index contributed by atoms with van der Waals surface area (Å²) >= 11 is 0. The van der Waals surface area contributed by atoms with Crippen molar-refractivity contribution in [2.75, 3.05) is 6.79 Å². The van der Waals surface area contributed by atoms with Gasteiger partial charge in [-0.15, -0.1) is 0 Å². The molecule has 0 fully saturated rings. The second-order valence-corrected chi connectivity index (χ2v) is 7.60. The molecule has 1 aromatic rings. The van der Waals surface area contributed by atoms with Crippen molar-refractivity contribution < 1.29 is 23.8 Å². The molecule has 6 heteroatoms. The van der Waals surface area contributed by atoms with Crippen molar-refractivity contribution in [3.63, 3.8) is 0 Å². The quantitative estimate of drug-likeness (QED) is 0.389. The molecule has 0 bridgehead atoms. The summed E-state index contributed by atoms with van der Waals surface area (Å²) in [6.07, 6.45) is -0.0954. The number of ether oxygens (including phenoxy) is 3. The van der Waals surface area contributed by atoms with Gasteiger partial charge >= 0.3 is 6.09 Å². The van der Waals surface area contributed by atoms with Crippen LogP contribution in [0.4, 0.5) is 4.79 Å². The van der Waals surface area contributed by atoms with Crippen molar-refractivity contribution in [2.45, 2.75) is 65.4 Å². The number of amides is 1. The van der Waals surface area contributed by atoms with Gasteiger partial charge in [-0.3, -0.25) is 0 Å². The first-order chi connectivity index (χ1) is 12.2. The molecule has 0 radical (unpaired) electrons. The number of carbonyl (C=O) groups is 2. The van der Waals surface area contributed by atoms with E-state index in [1.54, 1.807) is 20.8 Å². The SMILES string of the molecule is CC(C)C[C@H](NC(=O)OC(C)(C)C)C(C=O)OCOCc1ccccc1. The number of rotatable bonds is 10. The molecule has 1 rings (SSSR count). The van der Waals surface area contributed by atoms with E-state index in [1.165, 1.54) is 0 Å².